The molecule has 2 aliphatic rings. The molecule has 0 N–H and O–H groups in total. The van der Waals surface area contributed by atoms with Crippen LogP contribution in [0.3, 0.4) is 0 Å². The van der Waals surface area contributed by atoms with E-state index in [9.17, 15) is 13.2 Å². The third kappa shape index (κ3) is 5.66. The molecule has 1 aromatic carbocycles. The SMILES string of the molecule is COC[C@H]1CC(S(=O)(=O)c2ccc(Br)cc2)CC(=O)C1CC1CCN(c2ccncc2)CC1. The van der Waals surface area contributed by atoms with E-state index in [-0.39, 0.29) is 28.9 Å². The topological polar surface area (TPSA) is 76.6 Å². The number of methoxy groups -OCH3 is 1. The summed E-state index contributed by atoms with van der Waals surface area (Å²) in [5, 5.41) is -0.684. The number of aromatic nitrogens is 1. The van der Waals surface area contributed by atoms with E-state index >= 15 is 0 Å². The summed E-state index contributed by atoms with van der Waals surface area (Å²) >= 11 is 3.35. The van der Waals surface area contributed by atoms with Crippen LogP contribution in [0.15, 0.2) is 58.2 Å². The normalized spacial score (nSPS) is 24.7. The number of carbonyl (C=O) groups excluding carboxylic acids is 1. The molecule has 1 aromatic heterocycles. The zero-order chi connectivity index (χ0) is 23.4. The second kappa shape index (κ2) is 10.7. The Morgan fingerprint density at radius 3 is 2.39 bits per heavy atom. The lowest BCUT2D eigenvalue weighted by Gasteiger charge is -2.39. The van der Waals surface area contributed by atoms with Crippen LogP contribution < -0.4 is 4.90 Å². The summed E-state index contributed by atoms with van der Waals surface area (Å²) in [6, 6.07) is 10.7. The second-order valence-electron chi connectivity index (χ2n) is 9.22. The van der Waals surface area contributed by atoms with Crippen LogP contribution in [0.4, 0.5) is 5.69 Å². The van der Waals surface area contributed by atoms with Crippen molar-refractivity contribution < 1.29 is 17.9 Å². The van der Waals surface area contributed by atoms with Crippen molar-refractivity contribution in [2.45, 2.75) is 42.2 Å². The number of sulfone groups is 1. The predicted octanol–water partition coefficient (Wildman–Crippen LogP) is 4.53. The number of pyridine rings is 1. The summed E-state index contributed by atoms with van der Waals surface area (Å²) in [6.07, 6.45) is 7.09. The molecule has 6 nitrogen and oxygen atoms in total. The number of ketones is 1. The van der Waals surface area contributed by atoms with Gasteiger partial charge >= 0.3 is 0 Å². The first-order valence-corrected chi connectivity index (χ1v) is 13.9. The number of hydrogen-bond donors (Lipinski definition) is 0. The smallest absolute Gasteiger partial charge is 0.181 e. The lowest BCUT2D eigenvalue weighted by atomic mass is 9.72. The highest BCUT2D eigenvalue weighted by Crippen LogP contribution is 2.39. The average Bonchev–Trinajstić information content (AvgIpc) is 2.82. The van der Waals surface area contributed by atoms with Crippen molar-refractivity contribution in [3.63, 3.8) is 0 Å². The summed E-state index contributed by atoms with van der Waals surface area (Å²) in [6.45, 7) is 2.34. The van der Waals surface area contributed by atoms with Gasteiger partial charge in [-0.15, -0.1) is 0 Å². The quantitative estimate of drug-likeness (QED) is 0.519. The van der Waals surface area contributed by atoms with Crippen LogP contribution in [-0.2, 0) is 19.4 Å². The minimum Gasteiger partial charge on any atom is -0.384 e. The minimum atomic E-state index is -3.57. The average molecular weight is 536 g/mol. The van der Waals surface area contributed by atoms with E-state index in [1.54, 1.807) is 31.4 Å². The number of ether oxygens (including phenoxy) is 1. The van der Waals surface area contributed by atoms with E-state index in [2.05, 4.69) is 25.8 Å². The van der Waals surface area contributed by atoms with Crippen molar-refractivity contribution in [3.8, 4) is 0 Å². The number of anilines is 1. The molecule has 8 heteroatoms. The molecule has 2 unspecified atom stereocenters. The van der Waals surface area contributed by atoms with Crippen LogP contribution in [0.5, 0.6) is 0 Å². The molecule has 0 amide bonds. The Balaban J connectivity index is 1.41. The van der Waals surface area contributed by atoms with Crippen molar-refractivity contribution in [1.82, 2.24) is 4.98 Å². The highest BCUT2D eigenvalue weighted by Gasteiger charge is 2.43. The molecule has 33 heavy (non-hydrogen) atoms. The fraction of sp³-hybridized carbons (Fsp3) is 0.520. The molecular weight excluding hydrogens is 504 g/mol. The van der Waals surface area contributed by atoms with E-state index in [1.807, 2.05) is 24.5 Å². The monoisotopic (exact) mass is 534 g/mol. The van der Waals surface area contributed by atoms with Gasteiger partial charge in [0.1, 0.15) is 5.78 Å². The van der Waals surface area contributed by atoms with Crippen molar-refractivity contribution in [2.24, 2.45) is 17.8 Å². The highest BCUT2D eigenvalue weighted by atomic mass is 79.9. The molecule has 4 rings (SSSR count). The van der Waals surface area contributed by atoms with Crippen LogP contribution in [0.1, 0.15) is 32.1 Å². The largest absolute Gasteiger partial charge is 0.384 e. The van der Waals surface area contributed by atoms with Crippen molar-refractivity contribution in [1.29, 1.82) is 0 Å². The van der Waals surface area contributed by atoms with E-state index in [0.29, 0.717) is 18.9 Å². The number of carbonyl (C=O) groups is 1. The number of hydrogen-bond acceptors (Lipinski definition) is 6. The predicted molar refractivity (Wildman–Crippen MR) is 132 cm³/mol. The Morgan fingerprint density at radius 2 is 1.76 bits per heavy atom. The number of benzene rings is 1. The zero-order valence-corrected chi connectivity index (χ0v) is 21.3. The van der Waals surface area contributed by atoms with Crippen LogP contribution >= 0.6 is 15.9 Å². The minimum absolute atomic E-state index is 0.0651. The van der Waals surface area contributed by atoms with E-state index in [4.69, 9.17) is 4.74 Å². The Bertz CT molecular complexity index is 1040. The first-order valence-electron chi connectivity index (χ1n) is 11.5. The van der Waals surface area contributed by atoms with Gasteiger partial charge in [-0.1, -0.05) is 15.9 Å². The third-order valence-electron chi connectivity index (χ3n) is 7.17. The number of piperidine rings is 1. The van der Waals surface area contributed by atoms with Crippen molar-refractivity contribution in [2.75, 3.05) is 31.7 Å². The molecule has 0 spiro atoms. The number of Topliss-reactive ketones (excluding diaryl/α,β-unsaturated/α-hetero) is 1. The lowest BCUT2D eigenvalue weighted by Crippen LogP contribution is -2.43. The van der Waals surface area contributed by atoms with E-state index in [0.717, 1.165) is 36.8 Å². The van der Waals surface area contributed by atoms with Gasteiger partial charge in [-0.25, -0.2) is 8.42 Å². The van der Waals surface area contributed by atoms with E-state index < -0.39 is 15.1 Å². The molecule has 1 saturated heterocycles. The Kier molecular flexibility index (Phi) is 7.87. The lowest BCUT2D eigenvalue weighted by molar-refractivity contribution is -0.128. The second-order valence-corrected chi connectivity index (χ2v) is 12.4. The maximum atomic E-state index is 13.2. The van der Waals surface area contributed by atoms with E-state index in [1.165, 1.54) is 5.69 Å². The van der Waals surface area contributed by atoms with Crippen molar-refractivity contribution in [3.05, 3.63) is 53.3 Å². The number of rotatable bonds is 7. The molecule has 178 valence electrons. The highest BCUT2D eigenvalue weighted by molar-refractivity contribution is 9.10. The Morgan fingerprint density at radius 1 is 1.09 bits per heavy atom. The van der Waals surface area contributed by atoms with Crippen LogP contribution in [-0.4, -0.2) is 51.2 Å². The van der Waals surface area contributed by atoms with Gasteiger partial charge in [0.15, 0.2) is 9.84 Å². The summed E-state index contributed by atoms with van der Waals surface area (Å²) in [5.74, 6) is 0.352. The van der Waals surface area contributed by atoms with Gasteiger partial charge < -0.3 is 9.64 Å². The summed E-state index contributed by atoms with van der Waals surface area (Å²) in [5.41, 5.74) is 1.19. The molecule has 1 aliphatic heterocycles. The number of nitrogens with zero attached hydrogens (tertiary/aromatic N) is 2. The standard InChI is InChI=1S/C25H31BrN2O4S/c1-32-17-19-15-23(33(30,31)22-4-2-20(26)3-5-22)16-25(29)24(19)14-18-8-12-28(13-9-18)21-6-10-27-11-7-21/h2-7,10-11,18-19,23-24H,8-9,12-17H2,1H3/t19-,23?,24?/m1/s1. The maximum Gasteiger partial charge on any atom is 0.181 e. The Hall–Kier alpha value is -1.77. The first-order chi connectivity index (χ1) is 15.9. The first kappa shape index (κ1) is 24.4. The zero-order valence-electron chi connectivity index (χ0n) is 18.9. The molecule has 0 radical (unpaired) electrons. The summed E-state index contributed by atoms with van der Waals surface area (Å²) < 4.78 is 32.8. The van der Waals surface area contributed by atoms with Gasteiger partial charge in [-0.2, -0.15) is 0 Å². The fourth-order valence-electron chi connectivity index (χ4n) is 5.34. The molecule has 1 saturated carbocycles. The fourth-order valence-corrected chi connectivity index (χ4v) is 7.39. The molecule has 1 aliphatic carbocycles. The number of halogens is 1. The van der Waals surface area contributed by atoms with Gasteiger partial charge in [-0.3, -0.25) is 9.78 Å². The molecular formula is C25H31BrN2O4S. The molecule has 3 atom stereocenters. The van der Waals surface area contributed by atoms with Gasteiger partial charge in [0.2, 0.25) is 0 Å². The van der Waals surface area contributed by atoms with Crippen LogP contribution in [0.2, 0.25) is 0 Å². The molecule has 2 heterocycles. The molecule has 2 fully saturated rings. The molecule has 2 aromatic rings. The third-order valence-corrected chi connectivity index (χ3v) is 9.86. The summed E-state index contributed by atoms with van der Waals surface area (Å²) in [4.78, 5) is 20.0. The van der Waals surface area contributed by atoms with Crippen molar-refractivity contribution >= 4 is 37.2 Å². The van der Waals surface area contributed by atoms with Gasteiger partial charge in [-0.05, 0) is 73.9 Å². The van der Waals surface area contributed by atoms with Gasteiger partial charge in [0, 0.05) is 61.7 Å². The van der Waals surface area contributed by atoms with Gasteiger partial charge in [0.05, 0.1) is 10.1 Å². The molecule has 0 bridgehead atoms. The summed E-state index contributed by atoms with van der Waals surface area (Å²) in [7, 11) is -1.94. The van der Waals surface area contributed by atoms with Crippen LogP contribution in [0.25, 0.3) is 0 Å². The van der Waals surface area contributed by atoms with Gasteiger partial charge in [0.25, 0.3) is 0 Å². The Labute approximate surface area is 204 Å². The maximum absolute atomic E-state index is 13.2. The van der Waals surface area contributed by atoms with Crippen LogP contribution in [0, 0.1) is 17.8 Å².